The van der Waals surface area contributed by atoms with Gasteiger partial charge in [-0.05, 0) is 0 Å². The van der Waals surface area contributed by atoms with E-state index in [2.05, 4.69) is 9.97 Å². The maximum absolute atomic E-state index is 9.31. The Labute approximate surface area is 88.0 Å². The second kappa shape index (κ2) is 5.72. The zero-order valence-electron chi connectivity index (χ0n) is 8.43. The lowest BCUT2D eigenvalue weighted by Crippen LogP contribution is -2.20. The molecule has 1 aromatic heterocycles. The Bertz CT molecular complexity index is 319. The van der Waals surface area contributed by atoms with Gasteiger partial charge in [0, 0.05) is 19.5 Å². The van der Waals surface area contributed by atoms with E-state index in [1.165, 1.54) is 0 Å². The number of nitrogens with zero attached hydrogens (tertiary/aromatic N) is 2. The van der Waals surface area contributed by atoms with Gasteiger partial charge in [-0.15, -0.1) is 0 Å². The molecule has 6 N–H and O–H groups in total. The number of aliphatic hydroxyl groups excluding tert-OH is 2. The van der Waals surface area contributed by atoms with Crippen molar-refractivity contribution >= 4 is 0 Å². The highest BCUT2D eigenvalue weighted by Gasteiger charge is 2.10. The summed E-state index contributed by atoms with van der Waals surface area (Å²) in [5.41, 5.74) is 12.8. The highest BCUT2D eigenvalue weighted by Crippen LogP contribution is 2.06. The van der Waals surface area contributed by atoms with Crippen LogP contribution in [0.15, 0.2) is 6.20 Å². The Morgan fingerprint density at radius 1 is 1.27 bits per heavy atom. The lowest BCUT2D eigenvalue weighted by molar-refractivity contribution is 0.0944. The van der Waals surface area contributed by atoms with Crippen LogP contribution >= 0.6 is 0 Å². The van der Waals surface area contributed by atoms with Gasteiger partial charge in [0.1, 0.15) is 0 Å². The highest BCUT2D eigenvalue weighted by atomic mass is 16.3. The van der Waals surface area contributed by atoms with Crippen molar-refractivity contribution in [2.45, 2.75) is 25.6 Å². The number of hydrogen-bond acceptors (Lipinski definition) is 6. The van der Waals surface area contributed by atoms with Gasteiger partial charge in [0.25, 0.3) is 0 Å². The predicted molar refractivity (Wildman–Crippen MR) is 54.6 cm³/mol. The molecule has 1 rings (SSSR count). The topological polar surface area (TPSA) is 118 Å². The molecule has 6 nitrogen and oxygen atoms in total. The minimum absolute atomic E-state index is 0.240. The van der Waals surface area contributed by atoms with Crippen LogP contribution in [0.5, 0.6) is 0 Å². The lowest BCUT2D eigenvalue weighted by Gasteiger charge is -2.10. The summed E-state index contributed by atoms with van der Waals surface area (Å²) in [5, 5.41) is 18.0. The van der Waals surface area contributed by atoms with Gasteiger partial charge in [-0.25, -0.2) is 0 Å². The van der Waals surface area contributed by atoms with Crippen LogP contribution in [0.25, 0.3) is 0 Å². The van der Waals surface area contributed by atoms with Crippen molar-refractivity contribution in [2.75, 3.05) is 6.61 Å². The summed E-state index contributed by atoms with van der Waals surface area (Å²) in [7, 11) is 0. The molecular formula is C9H16N4O2. The van der Waals surface area contributed by atoms with Gasteiger partial charge in [0.15, 0.2) is 0 Å². The predicted octanol–water partition coefficient (Wildman–Crippen LogP) is -1.71. The van der Waals surface area contributed by atoms with Crippen LogP contribution in [0.4, 0.5) is 0 Å². The first-order chi connectivity index (χ1) is 7.21. The molecule has 6 heteroatoms. The molecule has 0 aliphatic heterocycles. The fourth-order valence-corrected chi connectivity index (χ4v) is 1.21. The van der Waals surface area contributed by atoms with Crippen LogP contribution in [0, 0.1) is 0 Å². The summed E-state index contributed by atoms with van der Waals surface area (Å²) in [5.74, 6) is 0. The molecule has 84 valence electrons. The molecule has 1 unspecified atom stereocenters. The van der Waals surface area contributed by atoms with E-state index in [1.807, 2.05) is 0 Å². The smallest absolute Gasteiger partial charge is 0.0826 e. The Morgan fingerprint density at radius 3 is 2.53 bits per heavy atom. The van der Waals surface area contributed by atoms with Crippen LogP contribution in [0.3, 0.4) is 0 Å². The fraction of sp³-hybridized carbons (Fsp3) is 0.556. The third-order valence-electron chi connectivity index (χ3n) is 2.02. The summed E-state index contributed by atoms with van der Waals surface area (Å²) >= 11 is 0. The first kappa shape index (κ1) is 12.0. The molecule has 0 aliphatic rings. The second-order valence-electron chi connectivity index (χ2n) is 3.20. The fourth-order valence-electron chi connectivity index (χ4n) is 1.21. The number of aliphatic hydroxyl groups is 2. The maximum atomic E-state index is 9.31. The second-order valence-corrected chi connectivity index (χ2v) is 3.20. The standard InChI is InChI=1S/C9H16N4O2/c10-2-6-4-12-9(3-11)8(13-6)1-7(15)5-14/h4,7,14-15H,1-3,5,10-11H2. The first-order valence-corrected chi connectivity index (χ1v) is 4.74. The number of rotatable bonds is 5. The molecule has 0 aliphatic carbocycles. The van der Waals surface area contributed by atoms with Crippen molar-refractivity contribution in [1.82, 2.24) is 9.97 Å². The van der Waals surface area contributed by atoms with Gasteiger partial charge in [0.2, 0.25) is 0 Å². The van der Waals surface area contributed by atoms with Gasteiger partial charge in [0.05, 0.1) is 36.0 Å². The Balaban J connectivity index is 2.90. The van der Waals surface area contributed by atoms with Crippen molar-refractivity contribution in [2.24, 2.45) is 11.5 Å². The molecule has 1 atom stereocenters. The summed E-state index contributed by atoms with van der Waals surface area (Å²) in [6, 6.07) is 0. The quantitative estimate of drug-likeness (QED) is 0.461. The van der Waals surface area contributed by atoms with Crippen LogP contribution in [0.2, 0.25) is 0 Å². The van der Waals surface area contributed by atoms with E-state index in [9.17, 15) is 5.11 Å². The molecule has 1 heterocycles. The minimum atomic E-state index is -0.836. The summed E-state index contributed by atoms with van der Waals surface area (Å²) in [6.07, 6.45) is 0.971. The van der Waals surface area contributed by atoms with E-state index in [4.69, 9.17) is 16.6 Å². The van der Waals surface area contributed by atoms with Crippen LogP contribution < -0.4 is 11.5 Å². The largest absolute Gasteiger partial charge is 0.394 e. The Morgan fingerprint density at radius 2 is 2.00 bits per heavy atom. The number of hydrogen-bond donors (Lipinski definition) is 4. The minimum Gasteiger partial charge on any atom is -0.394 e. The van der Waals surface area contributed by atoms with Crippen LogP contribution in [-0.2, 0) is 19.5 Å². The third kappa shape index (κ3) is 3.21. The average Bonchev–Trinajstić information content (AvgIpc) is 2.28. The molecule has 0 saturated heterocycles. The monoisotopic (exact) mass is 212 g/mol. The zero-order valence-corrected chi connectivity index (χ0v) is 8.43. The van der Waals surface area contributed by atoms with Crippen molar-refractivity contribution < 1.29 is 10.2 Å². The molecule has 0 aromatic carbocycles. The van der Waals surface area contributed by atoms with Crippen molar-refractivity contribution in [3.63, 3.8) is 0 Å². The van der Waals surface area contributed by atoms with Gasteiger partial charge < -0.3 is 21.7 Å². The zero-order chi connectivity index (χ0) is 11.3. The molecule has 15 heavy (non-hydrogen) atoms. The Kier molecular flexibility index (Phi) is 4.57. The van der Waals surface area contributed by atoms with E-state index in [0.717, 1.165) is 0 Å². The molecule has 0 bridgehead atoms. The molecule has 0 fully saturated rings. The maximum Gasteiger partial charge on any atom is 0.0826 e. The molecule has 0 radical (unpaired) electrons. The highest BCUT2D eigenvalue weighted by molar-refractivity contribution is 5.15. The third-order valence-corrected chi connectivity index (χ3v) is 2.02. The summed E-state index contributed by atoms with van der Waals surface area (Å²) in [6.45, 7) is 0.240. The van der Waals surface area contributed by atoms with Crippen molar-refractivity contribution in [1.29, 1.82) is 0 Å². The van der Waals surface area contributed by atoms with Crippen LogP contribution in [0.1, 0.15) is 17.1 Å². The van der Waals surface area contributed by atoms with Crippen molar-refractivity contribution in [3.8, 4) is 0 Å². The van der Waals surface area contributed by atoms with E-state index < -0.39 is 6.10 Å². The van der Waals surface area contributed by atoms with E-state index in [-0.39, 0.29) is 19.6 Å². The molecular weight excluding hydrogens is 196 g/mol. The first-order valence-electron chi connectivity index (χ1n) is 4.74. The van der Waals surface area contributed by atoms with Gasteiger partial charge in [-0.3, -0.25) is 9.97 Å². The van der Waals surface area contributed by atoms with Crippen LogP contribution in [-0.4, -0.2) is 32.9 Å². The number of aromatic nitrogens is 2. The van der Waals surface area contributed by atoms with E-state index in [1.54, 1.807) is 6.20 Å². The average molecular weight is 212 g/mol. The molecule has 1 aromatic rings. The lowest BCUT2D eigenvalue weighted by atomic mass is 10.1. The van der Waals surface area contributed by atoms with E-state index in [0.29, 0.717) is 23.6 Å². The molecule has 0 saturated carbocycles. The van der Waals surface area contributed by atoms with Gasteiger partial charge in [-0.2, -0.15) is 0 Å². The SMILES string of the molecule is NCc1cnc(CN)c(CC(O)CO)n1. The molecule has 0 spiro atoms. The van der Waals surface area contributed by atoms with E-state index >= 15 is 0 Å². The van der Waals surface area contributed by atoms with Crippen molar-refractivity contribution in [3.05, 3.63) is 23.3 Å². The molecule has 0 amide bonds. The Hall–Kier alpha value is -1.08. The summed E-state index contributed by atoms with van der Waals surface area (Å²) < 4.78 is 0. The van der Waals surface area contributed by atoms with Gasteiger partial charge in [-0.1, -0.05) is 0 Å². The summed E-state index contributed by atoms with van der Waals surface area (Å²) in [4.78, 5) is 8.31. The number of nitrogens with two attached hydrogens (primary N) is 2. The van der Waals surface area contributed by atoms with Gasteiger partial charge >= 0.3 is 0 Å². The normalized spacial score (nSPS) is 12.8.